The van der Waals surface area contributed by atoms with E-state index in [0.29, 0.717) is 18.2 Å². The zero-order chi connectivity index (χ0) is 19.1. The Bertz CT molecular complexity index is 629. The van der Waals surface area contributed by atoms with Crippen molar-refractivity contribution in [3.63, 3.8) is 0 Å². The summed E-state index contributed by atoms with van der Waals surface area (Å²) in [5.74, 6) is 2.10. The molecular formula is C21H31N3O2S. The maximum Gasteiger partial charge on any atom is 0.237 e. The molecule has 0 aliphatic carbocycles. The molecule has 3 rings (SSSR count). The summed E-state index contributed by atoms with van der Waals surface area (Å²) in [5, 5.41) is 6.31. The number of amides is 2. The molecule has 2 N–H and O–H groups in total. The van der Waals surface area contributed by atoms with Crippen molar-refractivity contribution in [1.82, 2.24) is 15.5 Å². The zero-order valence-electron chi connectivity index (χ0n) is 16.2. The number of hydrogen-bond acceptors (Lipinski definition) is 4. The lowest BCUT2D eigenvalue weighted by molar-refractivity contribution is -0.130. The summed E-state index contributed by atoms with van der Waals surface area (Å²) >= 11 is 1.68. The fourth-order valence-electron chi connectivity index (χ4n) is 3.77. The molecule has 0 aromatic heterocycles. The smallest absolute Gasteiger partial charge is 0.237 e. The normalized spacial score (nSPS) is 22.6. The Morgan fingerprint density at radius 1 is 1.22 bits per heavy atom. The minimum atomic E-state index is -0.0236. The van der Waals surface area contributed by atoms with Crippen LogP contribution >= 0.6 is 11.8 Å². The highest BCUT2D eigenvalue weighted by Gasteiger charge is 2.26. The molecule has 2 heterocycles. The van der Waals surface area contributed by atoms with E-state index in [1.807, 2.05) is 4.90 Å². The Kier molecular flexibility index (Phi) is 7.59. The van der Waals surface area contributed by atoms with Crippen LogP contribution in [0.5, 0.6) is 0 Å². The largest absolute Gasteiger partial charge is 0.354 e. The molecule has 1 aromatic carbocycles. The molecule has 2 fully saturated rings. The first-order valence-corrected chi connectivity index (χ1v) is 11.2. The van der Waals surface area contributed by atoms with Crippen LogP contribution in [0, 0.1) is 12.8 Å². The van der Waals surface area contributed by atoms with Gasteiger partial charge in [0.05, 0.1) is 11.8 Å². The fraction of sp³-hybridized carbons (Fsp3) is 0.619. The molecule has 2 saturated heterocycles. The molecule has 148 valence electrons. The van der Waals surface area contributed by atoms with Crippen molar-refractivity contribution in [1.29, 1.82) is 0 Å². The van der Waals surface area contributed by atoms with Crippen molar-refractivity contribution in [3.05, 3.63) is 35.4 Å². The summed E-state index contributed by atoms with van der Waals surface area (Å²) in [6.07, 6.45) is 4.11. The van der Waals surface area contributed by atoms with Gasteiger partial charge in [0, 0.05) is 25.4 Å². The summed E-state index contributed by atoms with van der Waals surface area (Å²) in [6.45, 7) is 5.31. The van der Waals surface area contributed by atoms with Crippen molar-refractivity contribution < 1.29 is 9.59 Å². The maximum absolute atomic E-state index is 12.5. The van der Waals surface area contributed by atoms with Crippen molar-refractivity contribution in [2.45, 2.75) is 44.4 Å². The van der Waals surface area contributed by atoms with Gasteiger partial charge in [-0.15, -0.1) is 11.8 Å². The number of piperidine rings is 1. The number of rotatable bonds is 7. The second-order valence-corrected chi connectivity index (χ2v) is 8.71. The first-order chi connectivity index (χ1) is 13.1. The van der Waals surface area contributed by atoms with Gasteiger partial charge in [0.15, 0.2) is 0 Å². The Balaban J connectivity index is 1.37. The van der Waals surface area contributed by atoms with Crippen LogP contribution in [0.25, 0.3) is 0 Å². The molecule has 0 saturated carbocycles. The van der Waals surface area contributed by atoms with Gasteiger partial charge < -0.3 is 15.5 Å². The van der Waals surface area contributed by atoms with E-state index in [2.05, 4.69) is 41.8 Å². The molecule has 0 bridgehead atoms. The van der Waals surface area contributed by atoms with Gasteiger partial charge in [0.1, 0.15) is 0 Å². The van der Waals surface area contributed by atoms with Crippen molar-refractivity contribution in [3.8, 4) is 0 Å². The highest BCUT2D eigenvalue weighted by molar-refractivity contribution is 7.99. The molecular weight excluding hydrogens is 358 g/mol. The van der Waals surface area contributed by atoms with Gasteiger partial charge in [-0.3, -0.25) is 9.59 Å². The van der Waals surface area contributed by atoms with E-state index in [1.54, 1.807) is 11.8 Å². The van der Waals surface area contributed by atoms with E-state index >= 15 is 0 Å². The molecule has 0 spiro atoms. The fourth-order valence-corrected chi connectivity index (χ4v) is 4.65. The third kappa shape index (κ3) is 6.25. The number of carbonyl (C=O) groups excluding carboxylic acids is 2. The van der Waals surface area contributed by atoms with Crippen LogP contribution in [0.3, 0.4) is 0 Å². The summed E-state index contributed by atoms with van der Waals surface area (Å²) in [4.78, 5) is 26.7. The van der Waals surface area contributed by atoms with Crippen LogP contribution in [-0.2, 0) is 15.3 Å². The molecule has 2 aliphatic rings. The lowest BCUT2D eigenvalue weighted by Crippen LogP contribution is -2.47. The van der Waals surface area contributed by atoms with Gasteiger partial charge in [0.25, 0.3) is 0 Å². The van der Waals surface area contributed by atoms with Crippen LogP contribution in [0.2, 0.25) is 0 Å². The number of aryl methyl sites for hydroxylation is 1. The standard InChI is InChI=1S/C21H31N3O2S/c1-16-6-8-17(9-7-16)14-27-15-20(25)24-11-3-4-18(13-24)12-23-21(26)19-5-2-10-22-19/h6-9,18-19,22H,2-5,10-15H2,1H3,(H,23,26). The van der Waals surface area contributed by atoms with E-state index < -0.39 is 0 Å². The molecule has 5 nitrogen and oxygen atoms in total. The molecule has 2 amide bonds. The Morgan fingerprint density at radius 2 is 2.04 bits per heavy atom. The number of likely N-dealkylation sites (tertiary alicyclic amines) is 1. The van der Waals surface area contributed by atoms with Crippen LogP contribution in [0.4, 0.5) is 0 Å². The number of carbonyl (C=O) groups is 2. The first-order valence-electron chi connectivity index (χ1n) is 10.0. The Hall–Kier alpha value is -1.53. The predicted octanol–water partition coefficient (Wildman–Crippen LogP) is 2.34. The Labute approximate surface area is 166 Å². The average molecular weight is 390 g/mol. The number of hydrogen-bond donors (Lipinski definition) is 2. The summed E-state index contributed by atoms with van der Waals surface area (Å²) in [6, 6.07) is 8.46. The minimum absolute atomic E-state index is 0.0236. The third-order valence-corrected chi connectivity index (χ3v) is 6.42. The van der Waals surface area contributed by atoms with Crippen LogP contribution in [0.15, 0.2) is 24.3 Å². The summed E-state index contributed by atoms with van der Waals surface area (Å²) in [7, 11) is 0. The van der Waals surface area contributed by atoms with Gasteiger partial charge >= 0.3 is 0 Å². The van der Waals surface area contributed by atoms with E-state index in [0.717, 1.165) is 51.1 Å². The third-order valence-electron chi connectivity index (χ3n) is 5.43. The van der Waals surface area contributed by atoms with Crippen molar-refractivity contribution in [2.24, 2.45) is 5.92 Å². The highest BCUT2D eigenvalue weighted by atomic mass is 32.2. The lowest BCUT2D eigenvalue weighted by Gasteiger charge is -2.33. The van der Waals surface area contributed by atoms with Crippen molar-refractivity contribution in [2.75, 3.05) is 31.9 Å². The van der Waals surface area contributed by atoms with E-state index in [9.17, 15) is 9.59 Å². The zero-order valence-corrected chi connectivity index (χ0v) is 17.0. The molecule has 2 atom stereocenters. The van der Waals surface area contributed by atoms with Crippen LogP contribution in [0.1, 0.15) is 36.8 Å². The van der Waals surface area contributed by atoms with Crippen LogP contribution < -0.4 is 10.6 Å². The molecule has 1 aromatic rings. The highest BCUT2D eigenvalue weighted by Crippen LogP contribution is 2.19. The summed E-state index contributed by atoms with van der Waals surface area (Å²) < 4.78 is 0. The second kappa shape index (κ2) is 10.1. The topological polar surface area (TPSA) is 61.4 Å². The average Bonchev–Trinajstić information content (AvgIpc) is 3.23. The molecule has 0 radical (unpaired) electrons. The molecule has 2 unspecified atom stereocenters. The maximum atomic E-state index is 12.5. The predicted molar refractivity (Wildman–Crippen MR) is 111 cm³/mol. The second-order valence-electron chi connectivity index (χ2n) is 7.72. The molecule has 6 heteroatoms. The number of nitrogens with one attached hydrogen (secondary N) is 2. The van der Waals surface area contributed by atoms with Crippen LogP contribution in [-0.4, -0.2) is 54.7 Å². The number of nitrogens with zero attached hydrogens (tertiary/aromatic N) is 1. The van der Waals surface area contributed by atoms with Gasteiger partial charge in [-0.05, 0) is 50.6 Å². The minimum Gasteiger partial charge on any atom is -0.354 e. The first kappa shape index (κ1) is 20.2. The van der Waals surface area contributed by atoms with E-state index in [1.165, 1.54) is 11.1 Å². The number of thioether (sulfide) groups is 1. The molecule has 2 aliphatic heterocycles. The summed E-state index contributed by atoms with van der Waals surface area (Å²) in [5.41, 5.74) is 2.52. The molecule has 27 heavy (non-hydrogen) atoms. The van der Waals surface area contributed by atoms with Gasteiger partial charge in [0.2, 0.25) is 11.8 Å². The van der Waals surface area contributed by atoms with Gasteiger partial charge in [-0.25, -0.2) is 0 Å². The van der Waals surface area contributed by atoms with Crippen molar-refractivity contribution >= 4 is 23.6 Å². The van der Waals surface area contributed by atoms with Gasteiger partial charge in [-0.1, -0.05) is 29.8 Å². The Morgan fingerprint density at radius 3 is 2.78 bits per heavy atom. The lowest BCUT2D eigenvalue weighted by atomic mass is 9.98. The number of benzene rings is 1. The monoisotopic (exact) mass is 389 g/mol. The van der Waals surface area contributed by atoms with E-state index in [-0.39, 0.29) is 17.9 Å². The van der Waals surface area contributed by atoms with Gasteiger partial charge in [-0.2, -0.15) is 0 Å². The van der Waals surface area contributed by atoms with E-state index in [4.69, 9.17) is 0 Å². The quantitative estimate of drug-likeness (QED) is 0.751. The SMILES string of the molecule is Cc1ccc(CSCC(=O)N2CCCC(CNC(=O)C3CCCN3)C2)cc1.